The van der Waals surface area contributed by atoms with Gasteiger partial charge >= 0.3 is 0 Å². The molecule has 4 amide bonds. The first kappa shape index (κ1) is 29.4. The maximum atomic E-state index is 13.2. The minimum atomic E-state index is -1.23. The number of hydrogen-bond acceptors (Lipinski definition) is 6. The first-order valence-corrected chi connectivity index (χ1v) is 13.6. The SMILES string of the molecule is O=C1C[C@@H](C(=O)NCCOc2ccc(Cl)cc2)NC(=O)c2ccccc2OCCNC(=O)[C@H](Cc2ccccc2)N1. The zero-order valence-corrected chi connectivity index (χ0v) is 23.0. The lowest BCUT2D eigenvalue weighted by atomic mass is 10.0. The van der Waals surface area contributed by atoms with E-state index in [1.807, 2.05) is 30.3 Å². The molecule has 0 spiro atoms. The summed E-state index contributed by atoms with van der Waals surface area (Å²) < 4.78 is 11.4. The van der Waals surface area contributed by atoms with Crippen LogP contribution >= 0.6 is 11.6 Å². The van der Waals surface area contributed by atoms with E-state index < -0.39 is 36.2 Å². The zero-order chi connectivity index (χ0) is 29.0. The van der Waals surface area contributed by atoms with Gasteiger partial charge in [-0.25, -0.2) is 0 Å². The van der Waals surface area contributed by atoms with Gasteiger partial charge in [0.25, 0.3) is 5.91 Å². The Bertz CT molecular complexity index is 1350. The second-order valence-corrected chi connectivity index (χ2v) is 9.71. The normalized spacial score (nSPS) is 17.9. The van der Waals surface area contributed by atoms with E-state index in [-0.39, 0.29) is 49.9 Å². The number of fused-ring (bicyclic) bond motifs is 1. The molecular formula is C30H31ClN4O6. The molecular weight excluding hydrogens is 548 g/mol. The summed E-state index contributed by atoms with van der Waals surface area (Å²) >= 11 is 5.89. The summed E-state index contributed by atoms with van der Waals surface area (Å²) in [6.07, 6.45) is -0.148. The summed E-state index contributed by atoms with van der Waals surface area (Å²) in [4.78, 5) is 52.5. The van der Waals surface area contributed by atoms with Crippen LogP contribution in [0.5, 0.6) is 11.5 Å². The maximum absolute atomic E-state index is 13.2. The number of benzene rings is 3. The topological polar surface area (TPSA) is 135 Å². The van der Waals surface area contributed by atoms with E-state index in [0.29, 0.717) is 10.8 Å². The number of rotatable bonds is 7. The Morgan fingerprint density at radius 1 is 0.951 bits per heavy atom. The molecule has 214 valence electrons. The second kappa shape index (κ2) is 14.7. The van der Waals surface area contributed by atoms with E-state index in [0.717, 1.165) is 5.56 Å². The molecule has 4 rings (SSSR count). The van der Waals surface area contributed by atoms with Crippen LogP contribution in [0, 0.1) is 0 Å². The highest BCUT2D eigenvalue weighted by Gasteiger charge is 2.28. The van der Waals surface area contributed by atoms with Gasteiger partial charge in [0.05, 0.1) is 25.1 Å². The van der Waals surface area contributed by atoms with Crippen molar-refractivity contribution in [2.75, 3.05) is 26.3 Å². The standard InChI is InChI=1S/C30H31ClN4O6/c31-21-10-12-22(13-11-21)40-16-14-32-30(39)25-19-27(36)34-24(18-20-6-2-1-3-7-20)29(38)33-15-17-41-26-9-5-4-8-23(26)28(37)35-25/h1-13,24-25H,14-19H2,(H,32,39)(H,33,38)(H,34,36)(H,35,37)/t24-,25-/m0/s1. The molecule has 0 saturated heterocycles. The lowest BCUT2D eigenvalue weighted by molar-refractivity contribution is -0.131. The van der Waals surface area contributed by atoms with Crippen molar-refractivity contribution in [3.8, 4) is 11.5 Å². The molecule has 1 heterocycles. The average Bonchev–Trinajstić information content (AvgIpc) is 2.97. The quantitative estimate of drug-likeness (QED) is 0.318. The van der Waals surface area contributed by atoms with E-state index in [1.165, 1.54) is 0 Å². The molecule has 11 heteroatoms. The van der Waals surface area contributed by atoms with Crippen LogP contribution < -0.4 is 30.7 Å². The summed E-state index contributed by atoms with van der Waals surface area (Å²) in [6.45, 7) is 0.531. The Hall–Kier alpha value is -4.57. The Morgan fingerprint density at radius 2 is 1.68 bits per heavy atom. The van der Waals surface area contributed by atoms with Crippen LogP contribution in [-0.4, -0.2) is 62.0 Å². The van der Waals surface area contributed by atoms with Gasteiger partial charge in [-0.3, -0.25) is 19.2 Å². The predicted molar refractivity (Wildman–Crippen MR) is 153 cm³/mol. The Kier molecular flexibility index (Phi) is 10.6. The van der Waals surface area contributed by atoms with E-state index in [9.17, 15) is 19.2 Å². The molecule has 2 atom stereocenters. The summed E-state index contributed by atoms with van der Waals surface area (Å²) in [7, 11) is 0. The van der Waals surface area contributed by atoms with Crippen LogP contribution in [-0.2, 0) is 20.8 Å². The monoisotopic (exact) mass is 578 g/mol. The van der Waals surface area contributed by atoms with Crippen molar-refractivity contribution in [2.24, 2.45) is 0 Å². The highest BCUT2D eigenvalue weighted by Crippen LogP contribution is 2.18. The van der Waals surface area contributed by atoms with Gasteiger partial charge in [0.1, 0.15) is 36.8 Å². The molecule has 3 aromatic carbocycles. The molecule has 0 unspecified atom stereocenters. The van der Waals surface area contributed by atoms with Gasteiger partial charge in [-0.15, -0.1) is 0 Å². The molecule has 3 aromatic rings. The summed E-state index contributed by atoms with van der Waals surface area (Å²) in [5.41, 5.74) is 1.05. The number of carbonyl (C=O) groups excluding carboxylic acids is 4. The fraction of sp³-hybridized carbons (Fsp3) is 0.267. The second-order valence-electron chi connectivity index (χ2n) is 9.27. The first-order valence-electron chi connectivity index (χ1n) is 13.2. The van der Waals surface area contributed by atoms with E-state index in [4.69, 9.17) is 21.1 Å². The fourth-order valence-electron chi connectivity index (χ4n) is 4.18. The lowest BCUT2D eigenvalue weighted by Crippen LogP contribution is -2.53. The number of hydrogen-bond donors (Lipinski definition) is 4. The van der Waals surface area contributed by atoms with Crippen LogP contribution in [0.4, 0.5) is 0 Å². The van der Waals surface area contributed by atoms with E-state index in [2.05, 4.69) is 21.3 Å². The largest absolute Gasteiger partial charge is 0.492 e. The number of amides is 4. The molecule has 10 nitrogen and oxygen atoms in total. The Balaban J connectivity index is 1.48. The molecule has 0 fully saturated rings. The van der Waals surface area contributed by atoms with Crippen LogP contribution in [0.2, 0.25) is 5.02 Å². The van der Waals surface area contributed by atoms with Crippen molar-refractivity contribution in [3.63, 3.8) is 0 Å². The highest BCUT2D eigenvalue weighted by atomic mass is 35.5. The lowest BCUT2D eigenvalue weighted by Gasteiger charge is -2.23. The van der Waals surface area contributed by atoms with Gasteiger partial charge in [-0.2, -0.15) is 0 Å². The van der Waals surface area contributed by atoms with Crippen LogP contribution in [0.3, 0.4) is 0 Å². The highest BCUT2D eigenvalue weighted by molar-refractivity contribution is 6.30. The molecule has 0 bridgehead atoms. The Labute approximate surface area is 242 Å². The van der Waals surface area contributed by atoms with Gasteiger partial charge in [0.15, 0.2) is 0 Å². The van der Waals surface area contributed by atoms with E-state index in [1.54, 1.807) is 48.5 Å². The van der Waals surface area contributed by atoms with Crippen molar-refractivity contribution in [3.05, 3.63) is 95.0 Å². The van der Waals surface area contributed by atoms with Gasteiger partial charge in [0, 0.05) is 11.4 Å². The van der Waals surface area contributed by atoms with Crippen LogP contribution in [0.15, 0.2) is 78.9 Å². The average molecular weight is 579 g/mol. The van der Waals surface area contributed by atoms with E-state index >= 15 is 0 Å². The third kappa shape index (κ3) is 8.97. The van der Waals surface area contributed by atoms with Gasteiger partial charge in [0.2, 0.25) is 17.7 Å². The van der Waals surface area contributed by atoms with Crippen molar-refractivity contribution >= 4 is 35.2 Å². The van der Waals surface area contributed by atoms with Crippen molar-refractivity contribution in [1.82, 2.24) is 21.3 Å². The first-order chi connectivity index (χ1) is 19.9. The van der Waals surface area contributed by atoms with Crippen LogP contribution in [0.25, 0.3) is 0 Å². The number of halogens is 1. The zero-order valence-electron chi connectivity index (χ0n) is 22.2. The molecule has 0 saturated carbocycles. The van der Waals surface area contributed by atoms with Crippen molar-refractivity contribution in [2.45, 2.75) is 24.9 Å². The maximum Gasteiger partial charge on any atom is 0.255 e. The molecule has 1 aliphatic rings. The molecule has 0 aliphatic carbocycles. The number of para-hydroxylation sites is 1. The smallest absolute Gasteiger partial charge is 0.255 e. The van der Waals surface area contributed by atoms with Crippen molar-refractivity contribution in [1.29, 1.82) is 0 Å². The van der Waals surface area contributed by atoms with Gasteiger partial charge in [-0.05, 0) is 42.0 Å². The molecule has 1 aliphatic heterocycles. The molecule has 41 heavy (non-hydrogen) atoms. The number of nitrogens with one attached hydrogen (secondary N) is 4. The molecule has 0 aromatic heterocycles. The van der Waals surface area contributed by atoms with Gasteiger partial charge in [-0.1, -0.05) is 54.1 Å². The minimum absolute atomic E-state index is 0.0968. The summed E-state index contributed by atoms with van der Waals surface area (Å²) in [5.74, 6) is -1.25. The van der Waals surface area contributed by atoms with Crippen LogP contribution in [0.1, 0.15) is 22.3 Å². The predicted octanol–water partition coefficient (Wildman–Crippen LogP) is 2.26. The van der Waals surface area contributed by atoms with Gasteiger partial charge < -0.3 is 30.7 Å². The Morgan fingerprint density at radius 3 is 2.46 bits per heavy atom. The third-order valence-electron chi connectivity index (χ3n) is 6.22. The number of ether oxygens (including phenoxy) is 2. The minimum Gasteiger partial charge on any atom is -0.492 e. The fourth-order valence-corrected chi connectivity index (χ4v) is 4.30. The van der Waals surface area contributed by atoms with Crippen molar-refractivity contribution < 1.29 is 28.7 Å². The summed E-state index contributed by atoms with van der Waals surface area (Å²) in [5, 5.41) is 11.4. The molecule has 4 N–H and O–H groups in total. The summed E-state index contributed by atoms with van der Waals surface area (Å²) in [6, 6.07) is 20.5. The third-order valence-corrected chi connectivity index (χ3v) is 6.47. The molecule has 0 radical (unpaired) electrons. The number of carbonyl (C=O) groups is 4.